The van der Waals surface area contributed by atoms with Gasteiger partial charge in [-0.1, -0.05) is 24.3 Å². The van der Waals surface area contributed by atoms with Crippen LogP contribution in [0.1, 0.15) is 26.4 Å². The molecule has 36 heavy (non-hydrogen) atoms. The summed E-state index contributed by atoms with van der Waals surface area (Å²) in [5.41, 5.74) is -0.953. The van der Waals surface area contributed by atoms with Gasteiger partial charge in [-0.2, -0.15) is 18.3 Å². The van der Waals surface area contributed by atoms with E-state index >= 15 is 0 Å². The molecule has 0 aliphatic carbocycles. The molecule has 2 N–H and O–H groups in total. The molecule has 1 aromatic heterocycles. The van der Waals surface area contributed by atoms with E-state index in [9.17, 15) is 31.9 Å². The van der Waals surface area contributed by atoms with Crippen molar-refractivity contribution in [1.82, 2.24) is 25.3 Å². The van der Waals surface area contributed by atoms with E-state index in [4.69, 9.17) is 0 Å². The fraction of sp³-hybridized carbons (Fsp3) is 0.250. The van der Waals surface area contributed by atoms with E-state index in [0.29, 0.717) is 0 Å². The van der Waals surface area contributed by atoms with Crippen LogP contribution in [0.25, 0.3) is 11.3 Å². The minimum Gasteiger partial charge on any atom is -0.342 e. The van der Waals surface area contributed by atoms with Crippen molar-refractivity contribution in [3.05, 3.63) is 77.2 Å². The molecule has 1 saturated heterocycles. The first kappa shape index (κ1) is 24.9. The van der Waals surface area contributed by atoms with Crippen LogP contribution in [0.15, 0.2) is 54.6 Å². The molecule has 0 atom stereocenters. The summed E-state index contributed by atoms with van der Waals surface area (Å²) >= 11 is 0. The number of halogens is 4. The predicted molar refractivity (Wildman–Crippen MR) is 120 cm³/mol. The Morgan fingerprint density at radius 2 is 1.58 bits per heavy atom. The second-order valence-corrected chi connectivity index (χ2v) is 8.05. The van der Waals surface area contributed by atoms with E-state index in [1.54, 1.807) is 6.07 Å². The third-order valence-corrected chi connectivity index (χ3v) is 5.75. The van der Waals surface area contributed by atoms with Crippen molar-refractivity contribution in [1.29, 1.82) is 0 Å². The second kappa shape index (κ2) is 10.2. The van der Waals surface area contributed by atoms with Crippen molar-refractivity contribution in [3.63, 3.8) is 0 Å². The number of carbonyl (C=O) groups excluding carboxylic acids is 3. The molecule has 4 rings (SSSR count). The number of nitrogens with zero attached hydrogens (tertiary/aromatic N) is 3. The molecule has 0 spiro atoms. The molecular weight excluding hydrogens is 482 g/mol. The molecule has 0 saturated carbocycles. The van der Waals surface area contributed by atoms with Crippen molar-refractivity contribution >= 4 is 17.7 Å². The van der Waals surface area contributed by atoms with Gasteiger partial charge in [-0.05, 0) is 30.3 Å². The third kappa shape index (κ3) is 5.37. The molecular formula is C24H21F4N5O3. The lowest BCUT2D eigenvalue weighted by molar-refractivity contribution is -0.138. The number of hydrogen-bond donors (Lipinski definition) is 2. The van der Waals surface area contributed by atoms with Gasteiger partial charge in [0.05, 0.1) is 23.4 Å². The molecule has 8 nitrogen and oxygen atoms in total. The minimum absolute atomic E-state index is 0.0415. The largest absolute Gasteiger partial charge is 0.417 e. The van der Waals surface area contributed by atoms with Crippen molar-refractivity contribution in [2.45, 2.75) is 6.18 Å². The Balaban J connectivity index is 1.30. The number of aromatic nitrogens is 2. The third-order valence-electron chi connectivity index (χ3n) is 5.75. The molecule has 3 aromatic rings. The first-order valence-corrected chi connectivity index (χ1v) is 11.0. The highest BCUT2D eigenvalue weighted by atomic mass is 19.4. The second-order valence-electron chi connectivity index (χ2n) is 8.05. The lowest BCUT2D eigenvalue weighted by Gasteiger charge is -2.35. The summed E-state index contributed by atoms with van der Waals surface area (Å²) < 4.78 is 53.6. The predicted octanol–water partition coefficient (Wildman–Crippen LogP) is 2.95. The number of aromatic amines is 1. The average molecular weight is 503 g/mol. The van der Waals surface area contributed by atoms with E-state index < -0.39 is 40.8 Å². The molecule has 2 aromatic carbocycles. The number of rotatable bonds is 5. The number of nitrogens with one attached hydrogen (secondary N) is 2. The number of amides is 3. The van der Waals surface area contributed by atoms with E-state index in [1.165, 1.54) is 46.2 Å². The fourth-order valence-corrected chi connectivity index (χ4v) is 3.85. The van der Waals surface area contributed by atoms with Crippen LogP contribution in [0.5, 0.6) is 0 Å². The first-order chi connectivity index (χ1) is 17.1. The molecule has 0 radical (unpaired) electrons. The van der Waals surface area contributed by atoms with Gasteiger partial charge in [0.2, 0.25) is 5.91 Å². The number of alkyl halides is 3. The molecule has 0 bridgehead atoms. The molecule has 188 valence electrons. The number of hydrogen-bond acceptors (Lipinski definition) is 4. The van der Waals surface area contributed by atoms with Crippen LogP contribution >= 0.6 is 0 Å². The maximum atomic E-state index is 13.9. The highest BCUT2D eigenvalue weighted by Gasteiger charge is 2.36. The van der Waals surface area contributed by atoms with Gasteiger partial charge in [0.25, 0.3) is 11.8 Å². The van der Waals surface area contributed by atoms with Gasteiger partial charge in [-0.15, -0.1) is 0 Å². The summed E-state index contributed by atoms with van der Waals surface area (Å²) in [6, 6.07) is 11.9. The normalized spacial score (nSPS) is 14.0. The molecule has 0 unspecified atom stereocenters. The SMILES string of the molecule is O=C(NCC(=O)N1CCN(C(=O)c2ccccc2C(F)(F)F)CC1)c1cc(-c2ccccc2F)n[nH]1. The van der Waals surface area contributed by atoms with Crippen LogP contribution in [-0.2, 0) is 11.0 Å². The average Bonchev–Trinajstić information content (AvgIpc) is 3.37. The maximum Gasteiger partial charge on any atom is 0.417 e. The zero-order valence-electron chi connectivity index (χ0n) is 18.8. The van der Waals surface area contributed by atoms with Gasteiger partial charge in [-0.3, -0.25) is 19.5 Å². The van der Waals surface area contributed by atoms with Crippen LogP contribution in [0.3, 0.4) is 0 Å². The van der Waals surface area contributed by atoms with E-state index in [2.05, 4.69) is 15.5 Å². The number of H-pyrrole nitrogens is 1. The summed E-state index contributed by atoms with van der Waals surface area (Å²) in [7, 11) is 0. The monoisotopic (exact) mass is 503 g/mol. The Labute approximate surface area is 202 Å². The topological polar surface area (TPSA) is 98.4 Å². The molecule has 1 aliphatic rings. The van der Waals surface area contributed by atoms with Crippen molar-refractivity contribution < 1.29 is 31.9 Å². The van der Waals surface area contributed by atoms with Gasteiger partial charge < -0.3 is 15.1 Å². The number of benzene rings is 2. The highest BCUT2D eigenvalue weighted by molar-refractivity contribution is 5.97. The zero-order chi connectivity index (χ0) is 25.9. The summed E-state index contributed by atoms with van der Waals surface area (Å²) in [4.78, 5) is 40.3. The Bertz CT molecular complexity index is 1280. The summed E-state index contributed by atoms with van der Waals surface area (Å²) in [5.74, 6) is -2.28. The molecule has 2 heterocycles. The van der Waals surface area contributed by atoms with Gasteiger partial charge >= 0.3 is 6.18 Å². The van der Waals surface area contributed by atoms with Crippen molar-refractivity contribution in [2.24, 2.45) is 0 Å². The molecule has 1 fully saturated rings. The quantitative estimate of drug-likeness (QED) is 0.523. The van der Waals surface area contributed by atoms with Gasteiger partial charge in [-0.25, -0.2) is 4.39 Å². The molecule has 3 amide bonds. The van der Waals surface area contributed by atoms with E-state index in [-0.39, 0.29) is 49.7 Å². The first-order valence-electron chi connectivity index (χ1n) is 11.0. The minimum atomic E-state index is -4.66. The Hall–Kier alpha value is -4.22. The lowest BCUT2D eigenvalue weighted by Crippen LogP contribution is -2.52. The van der Waals surface area contributed by atoms with Crippen molar-refractivity contribution in [2.75, 3.05) is 32.7 Å². The molecule has 12 heteroatoms. The number of piperazine rings is 1. The zero-order valence-corrected chi connectivity index (χ0v) is 18.8. The summed E-state index contributed by atoms with van der Waals surface area (Å²) in [6.07, 6.45) is -4.66. The van der Waals surface area contributed by atoms with Crippen LogP contribution < -0.4 is 5.32 Å². The van der Waals surface area contributed by atoms with E-state index in [0.717, 1.165) is 12.1 Å². The van der Waals surface area contributed by atoms with Crippen LogP contribution in [0.2, 0.25) is 0 Å². The lowest BCUT2D eigenvalue weighted by atomic mass is 10.1. The Kier molecular flexibility index (Phi) is 7.04. The summed E-state index contributed by atoms with van der Waals surface area (Å²) in [5, 5.41) is 8.89. The van der Waals surface area contributed by atoms with E-state index in [1.807, 2.05) is 0 Å². The Morgan fingerprint density at radius 3 is 2.28 bits per heavy atom. The van der Waals surface area contributed by atoms with Crippen LogP contribution in [0.4, 0.5) is 17.6 Å². The Morgan fingerprint density at radius 1 is 0.944 bits per heavy atom. The summed E-state index contributed by atoms with van der Waals surface area (Å²) in [6.45, 7) is -0.0154. The van der Waals surface area contributed by atoms with Crippen LogP contribution in [0, 0.1) is 5.82 Å². The van der Waals surface area contributed by atoms with Crippen LogP contribution in [-0.4, -0.2) is 70.4 Å². The smallest absolute Gasteiger partial charge is 0.342 e. The van der Waals surface area contributed by atoms with Gasteiger partial charge in [0, 0.05) is 31.7 Å². The maximum absolute atomic E-state index is 13.9. The number of carbonyl (C=O) groups is 3. The highest BCUT2D eigenvalue weighted by Crippen LogP contribution is 2.32. The molecule has 1 aliphatic heterocycles. The van der Waals surface area contributed by atoms with Gasteiger partial charge in [0.15, 0.2) is 0 Å². The van der Waals surface area contributed by atoms with Gasteiger partial charge in [0.1, 0.15) is 11.5 Å². The fourth-order valence-electron chi connectivity index (χ4n) is 3.85. The van der Waals surface area contributed by atoms with Crippen molar-refractivity contribution in [3.8, 4) is 11.3 Å². The standard InChI is InChI=1S/C24H21F4N5O3/c25-18-8-4-2-6-16(18)19-13-20(31-30-19)22(35)29-14-21(34)32-9-11-33(12-10-32)23(36)15-5-1-3-7-17(15)24(26,27)28/h1-8,13H,9-12,14H2,(H,29,35)(H,30,31).